The highest BCUT2D eigenvalue weighted by molar-refractivity contribution is 6.02. The molecule has 0 radical (unpaired) electrons. The van der Waals surface area contributed by atoms with Gasteiger partial charge in [0, 0.05) is 43.3 Å². The molecule has 7 nitrogen and oxygen atoms in total. The molecule has 0 atom stereocenters. The van der Waals surface area contributed by atoms with Crippen molar-refractivity contribution in [2.24, 2.45) is 0 Å². The zero-order valence-electron chi connectivity index (χ0n) is 16.7. The van der Waals surface area contributed by atoms with E-state index >= 15 is 0 Å². The van der Waals surface area contributed by atoms with Gasteiger partial charge in [0.15, 0.2) is 11.2 Å². The zero-order chi connectivity index (χ0) is 19.9. The van der Waals surface area contributed by atoms with Gasteiger partial charge in [0.05, 0.1) is 34.1 Å². The third-order valence-electron chi connectivity index (χ3n) is 5.47. The molecule has 2 aromatic heterocycles. The molecule has 4 rings (SSSR count). The standard InChI is InChI=1S/C21H27N5O2/c1-4-14-17(22)16-15(27)6-10-26-19(16)20(28-12-21(26,2)3)18(14)24-7-5-9-25-11-8-23-13-25/h6,8,10-11,13,24H,4-5,7,9,12,22H2,1-3H3. The van der Waals surface area contributed by atoms with Gasteiger partial charge >= 0.3 is 0 Å². The highest BCUT2D eigenvalue weighted by Crippen LogP contribution is 2.44. The largest absolute Gasteiger partial charge is 0.487 e. The minimum atomic E-state index is -0.252. The number of hydrogen-bond donors (Lipinski definition) is 2. The van der Waals surface area contributed by atoms with Crippen molar-refractivity contribution in [2.75, 3.05) is 24.2 Å². The number of nitrogens with zero attached hydrogens (tertiary/aromatic N) is 3. The molecule has 3 heterocycles. The predicted octanol–water partition coefficient (Wildman–Crippen LogP) is 2.97. The van der Waals surface area contributed by atoms with Crippen LogP contribution in [-0.4, -0.2) is 27.3 Å². The van der Waals surface area contributed by atoms with Gasteiger partial charge in [0.2, 0.25) is 0 Å². The Balaban J connectivity index is 1.78. The maximum absolute atomic E-state index is 12.6. The van der Waals surface area contributed by atoms with Crippen LogP contribution in [-0.2, 0) is 18.5 Å². The van der Waals surface area contributed by atoms with Gasteiger partial charge in [-0.15, -0.1) is 0 Å². The van der Waals surface area contributed by atoms with Crippen molar-refractivity contribution in [3.05, 3.63) is 46.8 Å². The highest BCUT2D eigenvalue weighted by Gasteiger charge is 2.32. The van der Waals surface area contributed by atoms with E-state index in [2.05, 4.69) is 40.2 Å². The van der Waals surface area contributed by atoms with Crippen LogP contribution in [0.25, 0.3) is 10.9 Å². The molecule has 0 saturated heterocycles. The molecule has 3 N–H and O–H groups in total. The average Bonchev–Trinajstić information content (AvgIpc) is 3.17. The van der Waals surface area contributed by atoms with E-state index in [-0.39, 0.29) is 11.0 Å². The SMILES string of the molecule is CCc1c(NCCCn2ccnc2)c2c3c(c1N)c(=O)ccn3C(C)(C)CO2. The van der Waals surface area contributed by atoms with Crippen molar-refractivity contribution in [3.63, 3.8) is 0 Å². The Kier molecular flexibility index (Phi) is 4.53. The Bertz CT molecular complexity index is 1070. The molecule has 28 heavy (non-hydrogen) atoms. The maximum Gasteiger partial charge on any atom is 0.191 e. The van der Waals surface area contributed by atoms with Gasteiger partial charge in [-0.05, 0) is 26.7 Å². The highest BCUT2D eigenvalue weighted by atomic mass is 16.5. The molecule has 0 spiro atoms. The smallest absolute Gasteiger partial charge is 0.191 e. The van der Waals surface area contributed by atoms with Crippen molar-refractivity contribution >= 4 is 22.3 Å². The number of ether oxygens (including phenoxy) is 1. The summed E-state index contributed by atoms with van der Waals surface area (Å²) >= 11 is 0. The number of rotatable bonds is 6. The molecule has 1 aliphatic rings. The molecule has 0 aliphatic carbocycles. The van der Waals surface area contributed by atoms with Gasteiger partial charge in [-0.1, -0.05) is 6.92 Å². The van der Waals surface area contributed by atoms with E-state index in [0.717, 1.165) is 48.4 Å². The van der Waals surface area contributed by atoms with Gasteiger partial charge in [-0.3, -0.25) is 4.79 Å². The lowest BCUT2D eigenvalue weighted by Crippen LogP contribution is -2.38. The number of hydrogen-bond acceptors (Lipinski definition) is 5. The molecule has 0 saturated carbocycles. The van der Waals surface area contributed by atoms with Crippen LogP contribution in [0.4, 0.5) is 11.4 Å². The molecular weight excluding hydrogens is 354 g/mol. The fraction of sp³-hybridized carbons (Fsp3) is 0.429. The molecular formula is C21H27N5O2. The third-order valence-corrected chi connectivity index (χ3v) is 5.47. The molecule has 1 aromatic carbocycles. The van der Waals surface area contributed by atoms with Crippen LogP contribution in [0.3, 0.4) is 0 Å². The number of anilines is 2. The number of aromatic nitrogens is 3. The minimum absolute atomic E-state index is 0.0624. The van der Waals surface area contributed by atoms with Gasteiger partial charge in [-0.2, -0.15) is 0 Å². The van der Waals surface area contributed by atoms with Crippen LogP contribution in [0.15, 0.2) is 35.8 Å². The second-order valence-corrected chi connectivity index (χ2v) is 7.91. The van der Waals surface area contributed by atoms with Gasteiger partial charge in [0.25, 0.3) is 0 Å². The Morgan fingerprint density at radius 1 is 1.36 bits per heavy atom. The van der Waals surface area contributed by atoms with Crippen LogP contribution in [0.5, 0.6) is 5.75 Å². The Morgan fingerprint density at radius 3 is 2.89 bits per heavy atom. The molecule has 7 heteroatoms. The predicted molar refractivity (Wildman–Crippen MR) is 112 cm³/mol. The fourth-order valence-electron chi connectivity index (χ4n) is 3.97. The van der Waals surface area contributed by atoms with E-state index in [1.165, 1.54) is 0 Å². The first-order valence-corrected chi connectivity index (χ1v) is 9.76. The molecule has 148 valence electrons. The number of pyridine rings is 1. The van der Waals surface area contributed by atoms with Crippen molar-refractivity contribution in [1.29, 1.82) is 0 Å². The summed E-state index contributed by atoms with van der Waals surface area (Å²) in [5.74, 6) is 0.737. The first kappa shape index (κ1) is 18.4. The first-order valence-electron chi connectivity index (χ1n) is 9.76. The number of imidazole rings is 1. The second-order valence-electron chi connectivity index (χ2n) is 7.91. The number of nitrogens with two attached hydrogens (primary N) is 1. The molecule has 0 bridgehead atoms. The van der Waals surface area contributed by atoms with Gasteiger partial charge < -0.3 is 24.9 Å². The summed E-state index contributed by atoms with van der Waals surface area (Å²) < 4.78 is 10.4. The lowest BCUT2D eigenvalue weighted by molar-refractivity contribution is 0.171. The number of benzene rings is 1. The summed E-state index contributed by atoms with van der Waals surface area (Å²) in [6.45, 7) is 8.44. The van der Waals surface area contributed by atoms with E-state index in [0.29, 0.717) is 17.7 Å². The fourth-order valence-corrected chi connectivity index (χ4v) is 3.97. The molecule has 0 unspecified atom stereocenters. The number of nitrogen functional groups attached to an aromatic ring is 1. The van der Waals surface area contributed by atoms with Crippen molar-refractivity contribution in [2.45, 2.75) is 45.7 Å². The monoisotopic (exact) mass is 381 g/mol. The summed E-state index contributed by atoms with van der Waals surface area (Å²) in [6, 6.07) is 1.60. The van der Waals surface area contributed by atoms with Crippen LogP contribution < -0.4 is 21.2 Å². The summed E-state index contributed by atoms with van der Waals surface area (Å²) in [4.78, 5) is 16.7. The number of aryl methyl sites for hydroxylation is 1. The lowest BCUT2D eigenvalue weighted by atomic mass is 9.97. The normalized spacial score (nSPS) is 14.8. The summed E-state index contributed by atoms with van der Waals surface area (Å²) in [6.07, 6.45) is 9.07. The van der Waals surface area contributed by atoms with E-state index < -0.39 is 0 Å². The summed E-state index contributed by atoms with van der Waals surface area (Å²) in [5.41, 5.74) is 9.38. The molecule has 3 aromatic rings. The Hall–Kier alpha value is -2.96. The van der Waals surface area contributed by atoms with E-state index in [1.807, 2.05) is 18.7 Å². The van der Waals surface area contributed by atoms with Crippen LogP contribution >= 0.6 is 0 Å². The van der Waals surface area contributed by atoms with Crippen LogP contribution in [0, 0.1) is 0 Å². The quantitative estimate of drug-likeness (QED) is 0.506. The maximum atomic E-state index is 12.6. The molecule has 1 aliphatic heterocycles. The average molecular weight is 381 g/mol. The second kappa shape index (κ2) is 6.89. The Morgan fingerprint density at radius 2 is 2.18 bits per heavy atom. The van der Waals surface area contributed by atoms with Gasteiger partial charge in [-0.25, -0.2) is 4.98 Å². The number of nitrogens with one attached hydrogen (secondary N) is 1. The van der Waals surface area contributed by atoms with E-state index in [4.69, 9.17) is 10.5 Å². The van der Waals surface area contributed by atoms with Crippen LogP contribution in [0.2, 0.25) is 0 Å². The summed E-state index contributed by atoms with van der Waals surface area (Å²) in [7, 11) is 0. The van der Waals surface area contributed by atoms with Crippen molar-refractivity contribution < 1.29 is 4.74 Å². The van der Waals surface area contributed by atoms with E-state index in [9.17, 15) is 4.79 Å². The lowest BCUT2D eigenvalue weighted by Gasteiger charge is -2.36. The van der Waals surface area contributed by atoms with Crippen LogP contribution in [0.1, 0.15) is 32.8 Å². The Labute approximate surface area is 164 Å². The van der Waals surface area contributed by atoms with Gasteiger partial charge in [0.1, 0.15) is 6.61 Å². The van der Waals surface area contributed by atoms with E-state index in [1.54, 1.807) is 12.3 Å². The molecule has 0 amide bonds. The third kappa shape index (κ3) is 2.91. The molecule has 0 fully saturated rings. The first-order chi connectivity index (χ1) is 13.4. The minimum Gasteiger partial charge on any atom is -0.487 e. The topological polar surface area (TPSA) is 87.1 Å². The van der Waals surface area contributed by atoms with Crippen molar-refractivity contribution in [1.82, 2.24) is 14.1 Å². The van der Waals surface area contributed by atoms with Crippen molar-refractivity contribution in [3.8, 4) is 5.75 Å². The summed E-state index contributed by atoms with van der Waals surface area (Å²) in [5, 5.41) is 4.09. The zero-order valence-corrected chi connectivity index (χ0v) is 16.7.